The Morgan fingerprint density at radius 1 is 1.11 bits per heavy atom. The van der Waals surface area contributed by atoms with Gasteiger partial charge in [0.25, 0.3) is 0 Å². The lowest BCUT2D eigenvalue weighted by Crippen LogP contribution is -2.14. The van der Waals surface area contributed by atoms with Crippen LogP contribution in [0.15, 0.2) is 53.7 Å². The number of carbonyl (C=O) groups excluding carboxylic acids is 1. The standard InChI is InChI=1S/C20H22N4O2S/c1-4-26-17-11-9-16(10-12-17)21-18(25)13-27-20-23-22-19(24(20)3)15-7-5-14(2)6-8-15/h5-12H,4,13H2,1-3H3,(H,21,25). The lowest BCUT2D eigenvalue weighted by molar-refractivity contribution is -0.113. The van der Waals surface area contributed by atoms with Gasteiger partial charge in [-0.3, -0.25) is 4.79 Å². The van der Waals surface area contributed by atoms with Crippen molar-refractivity contribution in [3.05, 3.63) is 54.1 Å². The van der Waals surface area contributed by atoms with E-state index in [1.165, 1.54) is 17.3 Å². The van der Waals surface area contributed by atoms with Crippen molar-refractivity contribution in [3.63, 3.8) is 0 Å². The number of hydrogen-bond acceptors (Lipinski definition) is 5. The Hall–Kier alpha value is -2.80. The Balaban J connectivity index is 1.58. The molecular weight excluding hydrogens is 360 g/mol. The minimum Gasteiger partial charge on any atom is -0.494 e. The molecule has 0 radical (unpaired) electrons. The van der Waals surface area contributed by atoms with Crippen molar-refractivity contribution in [2.24, 2.45) is 7.05 Å². The maximum atomic E-state index is 12.2. The number of hydrogen-bond donors (Lipinski definition) is 1. The van der Waals surface area contributed by atoms with Gasteiger partial charge in [0, 0.05) is 18.3 Å². The highest BCUT2D eigenvalue weighted by molar-refractivity contribution is 7.99. The van der Waals surface area contributed by atoms with Crippen LogP contribution in [0.2, 0.25) is 0 Å². The second kappa shape index (κ2) is 8.73. The quantitative estimate of drug-likeness (QED) is 0.627. The summed E-state index contributed by atoms with van der Waals surface area (Å²) in [5.74, 6) is 1.73. The molecule has 0 saturated carbocycles. The molecule has 6 nitrogen and oxygen atoms in total. The van der Waals surface area contributed by atoms with E-state index in [4.69, 9.17) is 4.74 Å². The number of nitrogens with one attached hydrogen (secondary N) is 1. The largest absolute Gasteiger partial charge is 0.494 e. The minimum absolute atomic E-state index is 0.0935. The van der Waals surface area contributed by atoms with E-state index in [0.717, 1.165) is 22.8 Å². The lowest BCUT2D eigenvalue weighted by Gasteiger charge is -2.07. The maximum Gasteiger partial charge on any atom is 0.234 e. The van der Waals surface area contributed by atoms with Gasteiger partial charge in [0.2, 0.25) is 5.91 Å². The average molecular weight is 382 g/mol. The molecule has 3 aromatic rings. The van der Waals surface area contributed by atoms with Crippen LogP contribution < -0.4 is 10.1 Å². The number of ether oxygens (including phenoxy) is 1. The van der Waals surface area contributed by atoms with E-state index in [2.05, 4.69) is 15.5 Å². The number of carbonyl (C=O) groups is 1. The molecule has 0 unspecified atom stereocenters. The molecule has 2 aromatic carbocycles. The van der Waals surface area contributed by atoms with Crippen molar-refractivity contribution in [3.8, 4) is 17.1 Å². The van der Waals surface area contributed by atoms with Gasteiger partial charge in [0.1, 0.15) is 5.75 Å². The molecule has 1 heterocycles. The Kier molecular flexibility index (Phi) is 6.13. The summed E-state index contributed by atoms with van der Waals surface area (Å²) in [7, 11) is 1.90. The fourth-order valence-electron chi connectivity index (χ4n) is 2.52. The molecule has 0 atom stereocenters. The Labute approximate surface area is 163 Å². The van der Waals surface area contributed by atoms with E-state index in [1.807, 2.05) is 74.0 Å². The molecule has 27 heavy (non-hydrogen) atoms. The highest BCUT2D eigenvalue weighted by atomic mass is 32.2. The first-order valence-corrected chi connectivity index (χ1v) is 9.67. The van der Waals surface area contributed by atoms with Crippen molar-refractivity contribution in [2.75, 3.05) is 17.7 Å². The molecule has 1 aromatic heterocycles. The molecule has 0 aliphatic heterocycles. The van der Waals surface area contributed by atoms with E-state index in [1.54, 1.807) is 0 Å². The molecule has 0 aliphatic rings. The molecule has 1 amide bonds. The van der Waals surface area contributed by atoms with Gasteiger partial charge in [-0.1, -0.05) is 41.6 Å². The highest BCUT2D eigenvalue weighted by Gasteiger charge is 2.13. The van der Waals surface area contributed by atoms with Gasteiger partial charge in [-0.15, -0.1) is 10.2 Å². The fraction of sp³-hybridized carbons (Fsp3) is 0.250. The lowest BCUT2D eigenvalue weighted by atomic mass is 10.1. The molecule has 0 fully saturated rings. The number of aryl methyl sites for hydroxylation is 1. The van der Waals surface area contributed by atoms with Crippen LogP contribution in [0.4, 0.5) is 5.69 Å². The number of anilines is 1. The second-order valence-electron chi connectivity index (χ2n) is 6.03. The zero-order valence-electron chi connectivity index (χ0n) is 15.6. The van der Waals surface area contributed by atoms with Crippen LogP contribution >= 0.6 is 11.8 Å². The van der Waals surface area contributed by atoms with Crippen LogP contribution in [0.3, 0.4) is 0 Å². The number of benzene rings is 2. The third kappa shape index (κ3) is 4.89. The Morgan fingerprint density at radius 3 is 2.48 bits per heavy atom. The van der Waals surface area contributed by atoms with E-state index >= 15 is 0 Å². The Morgan fingerprint density at radius 2 is 1.81 bits per heavy atom. The van der Waals surface area contributed by atoms with Gasteiger partial charge < -0.3 is 14.6 Å². The number of thioether (sulfide) groups is 1. The number of rotatable bonds is 7. The van der Waals surface area contributed by atoms with Gasteiger partial charge >= 0.3 is 0 Å². The third-order valence-electron chi connectivity index (χ3n) is 3.93. The average Bonchev–Trinajstić information content (AvgIpc) is 3.03. The summed E-state index contributed by atoms with van der Waals surface area (Å²) in [6, 6.07) is 15.4. The first-order chi connectivity index (χ1) is 13.1. The molecule has 7 heteroatoms. The number of nitrogens with zero attached hydrogens (tertiary/aromatic N) is 3. The number of amides is 1. The van der Waals surface area contributed by atoms with Crippen molar-refractivity contribution in [2.45, 2.75) is 19.0 Å². The zero-order valence-corrected chi connectivity index (χ0v) is 16.4. The SMILES string of the molecule is CCOc1ccc(NC(=O)CSc2nnc(-c3ccc(C)cc3)n2C)cc1. The molecule has 140 valence electrons. The molecular formula is C20H22N4O2S. The normalized spacial score (nSPS) is 10.6. The summed E-state index contributed by atoms with van der Waals surface area (Å²) in [6.45, 7) is 4.60. The summed E-state index contributed by atoms with van der Waals surface area (Å²) in [6.07, 6.45) is 0. The second-order valence-corrected chi connectivity index (χ2v) is 6.97. The maximum absolute atomic E-state index is 12.2. The van der Waals surface area contributed by atoms with Gasteiger partial charge in [-0.05, 0) is 38.1 Å². The molecule has 1 N–H and O–H groups in total. The van der Waals surface area contributed by atoms with Crippen LogP contribution in [0.1, 0.15) is 12.5 Å². The number of aromatic nitrogens is 3. The topological polar surface area (TPSA) is 69.0 Å². The van der Waals surface area contributed by atoms with Crippen LogP contribution in [0.5, 0.6) is 5.75 Å². The summed E-state index contributed by atoms with van der Waals surface area (Å²) in [5.41, 5.74) is 2.94. The molecule has 3 rings (SSSR count). The molecule has 0 spiro atoms. The fourth-order valence-corrected chi connectivity index (χ4v) is 3.23. The molecule has 0 bridgehead atoms. The summed E-state index contributed by atoms with van der Waals surface area (Å²) < 4.78 is 7.30. The molecule has 0 saturated heterocycles. The smallest absolute Gasteiger partial charge is 0.234 e. The van der Waals surface area contributed by atoms with Crippen molar-refractivity contribution in [1.82, 2.24) is 14.8 Å². The van der Waals surface area contributed by atoms with Crippen molar-refractivity contribution in [1.29, 1.82) is 0 Å². The van der Waals surface area contributed by atoms with E-state index in [9.17, 15) is 4.79 Å². The van der Waals surface area contributed by atoms with Gasteiger partial charge in [0.15, 0.2) is 11.0 Å². The third-order valence-corrected chi connectivity index (χ3v) is 4.95. The highest BCUT2D eigenvalue weighted by Crippen LogP contribution is 2.23. The van der Waals surface area contributed by atoms with Gasteiger partial charge in [-0.2, -0.15) is 0 Å². The minimum atomic E-state index is -0.0935. The summed E-state index contributed by atoms with van der Waals surface area (Å²) >= 11 is 1.36. The molecule has 0 aliphatic carbocycles. The first kappa shape index (κ1) is 19.0. The van der Waals surface area contributed by atoms with E-state index < -0.39 is 0 Å². The summed E-state index contributed by atoms with van der Waals surface area (Å²) in [5, 5.41) is 12.0. The van der Waals surface area contributed by atoms with Crippen LogP contribution in [0.25, 0.3) is 11.4 Å². The zero-order chi connectivity index (χ0) is 19.2. The van der Waals surface area contributed by atoms with Gasteiger partial charge in [0.05, 0.1) is 12.4 Å². The van der Waals surface area contributed by atoms with Crippen LogP contribution in [-0.4, -0.2) is 33.0 Å². The predicted molar refractivity (Wildman–Crippen MR) is 108 cm³/mol. The van der Waals surface area contributed by atoms with E-state index in [0.29, 0.717) is 11.8 Å². The van der Waals surface area contributed by atoms with E-state index in [-0.39, 0.29) is 11.7 Å². The monoisotopic (exact) mass is 382 g/mol. The van der Waals surface area contributed by atoms with Crippen LogP contribution in [0, 0.1) is 6.92 Å². The summed E-state index contributed by atoms with van der Waals surface area (Å²) in [4.78, 5) is 12.2. The predicted octanol–water partition coefficient (Wildman–Crippen LogP) is 3.92. The Bertz CT molecular complexity index is 905. The van der Waals surface area contributed by atoms with Crippen molar-refractivity contribution < 1.29 is 9.53 Å². The first-order valence-electron chi connectivity index (χ1n) is 8.68. The van der Waals surface area contributed by atoms with Crippen molar-refractivity contribution >= 4 is 23.4 Å². The van der Waals surface area contributed by atoms with Crippen LogP contribution in [-0.2, 0) is 11.8 Å². The van der Waals surface area contributed by atoms with Gasteiger partial charge in [-0.25, -0.2) is 0 Å².